The van der Waals surface area contributed by atoms with Gasteiger partial charge in [-0.05, 0) is 50.7 Å². The fourth-order valence-corrected chi connectivity index (χ4v) is 4.39. The van der Waals surface area contributed by atoms with E-state index < -0.39 is 24.0 Å². The first kappa shape index (κ1) is 23.4. The molecule has 1 atom stereocenters. The molecule has 0 saturated heterocycles. The smallest absolute Gasteiger partial charge is 0.407 e. The highest BCUT2D eigenvalue weighted by Gasteiger charge is 2.30. The number of hydrogen-bond donors (Lipinski definition) is 3. The maximum Gasteiger partial charge on any atom is 0.407 e. The Bertz CT molecular complexity index is 1190. The lowest BCUT2D eigenvalue weighted by molar-refractivity contribution is -0.137. The SMILES string of the molecule is O=C(O)CCC(NC(=O)OCC1c2ccccc2-c2ccccc21)C(=O)Nc1cncc(Br)c1. The van der Waals surface area contributed by atoms with Gasteiger partial charge in [-0.25, -0.2) is 4.79 Å². The zero-order valence-corrected chi connectivity index (χ0v) is 19.6. The van der Waals surface area contributed by atoms with E-state index in [1.165, 1.54) is 6.20 Å². The Morgan fingerprint density at radius 2 is 1.68 bits per heavy atom. The normalized spacial score (nSPS) is 12.9. The summed E-state index contributed by atoms with van der Waals surface area (Å²) in [6, 6.07) is 16.5. The maximum absolute atomic E-state index is 12.7. The molecular weight excluding hydrogens is 502 g/mol. The second-order valence-corrected chi connectivity index (χ2v) is 8.75. The van der Waals surface area contributed by atoms with E-state index in [4.69, 9.17) is 9.84 Å². The highest BCUT2D eigenvalue weighted by molar-refractivity contribution is 9.10. The van der Waals surface area contributed by atoms with Crippen LogP contribution >= 0.6 is 15.9 Å². The second kappa shape index (κ2) is 10.5. The van der Waals surface area contributed by atoms with E-state index in [0.29, 0.717) is 10.2 Å². The van der Waals surface area contributed by atoms with Gasteiger partial charge in [-0.3, -0.25) is 14.6 Å². The van der Waals surface area contributed by atoms with Crippen LogP contribution in [0.5, 0.6) is 0 Å². The van der Waals surface area contributed by atoms with Crippen molar-refractivity contribution in [2.75, 3.05) is 11.9 Å². The number of aromatic nitrogens is 1. The van der Waals surface area contributed by atoms with E-state index in [0.717, 1.165) is 22.3 Å². The molecule has 3 N–H and O–H groups in total. The van der Waals surface area contributed by atoms with Gasteiger partial charge in [0.25, 0.3) is 0 Å². The summed E-state index contributed by atoms with van der Waals surface area (Å²) in [7, 11) is 0. The standard InChI is InChI=1S/C25H22BrN3O5/c26-15-11-16(13-27-12-15)28-24(32)22(9-10-23(30)31)29-25(33)34-14-21-19-7-3-1-5-17(19)18-6-2-4-8-20(18)21/h1-8,11-13,21-22H,9-10,14H2,(H,28,32)(H,29,33)(H,30,31). The number of anilines is 1. The van der Waals surface area contributed by atoms with E-state index in [2.05, 4.69) is 31.5 Å². The molecule has 1 aliphatic carbocycles. The molecule has 1 aliphatic rings. The predicted molar refractivity (Wildman–Crippen MR) is 129 cm³/mol. The third-order valence-electron chi connectivity index (χ3n) is 5.57. The molecule has 4 rings (SSSR count). The first-order valence-corrected chi connectivity index (χ1v) is 11.5. The number of carbonyl (C=O) groups excluding carboxylic acids is 2. The highest BCUT2D eigenvalue weighted by Crippen LogP contribution is 2.44. The van der Waals surface area contributed by atoms with Gasteiger partial charge in [0.2, 0.25) is 5.91 Å². The topological polar surface area (TPSA) is 118 Å². The molecule has 8 nitrogen and oxygen atoms in total. The zero-order chi connectivity index (χ0) is 24.1. The molecule has 2 aromatic carbocycles. The molecule has 34 heavy (non-hydrogen) atoms. The molecule has 0 bridgehead atoms. The molecule has 1 aromatic heterocycles. The number of carbonyl (C=O) groups is 3. The molecule has 1 heterocycles. The number of carboxylic acids is 1. The highest BCUT2D eigenvalue weighted by atomic mass is 79.9. The lowest BCUT2D eigenvalue weighted by atomic mass is 9.98. The third kappa shape index (κ3) is 5.43. The van der Waals surface area contributed by atoms with Gasteiger partial charge in [0, 0.05) is 23.0 Å². The Morgan fingerprint density at radius 3 is 2.29 bits per heavy atom. The Kier molecular flexibility index (Phi) is 7.22. The van der Waals surface area contributed by atoms with Crippen LogP contribution in [0.1, 0.15) is 29.9 Å². The minimum atomic E-state index is -1.09. The van der Waals surface area contributed by atoms with Crippen molar-refractivity contribution in [3.8, 4) is 11.1 Å². The number of carboxylic acid groups (broad SMARTS) is 1. The molecule has 3 aromatic rings. The van der Waals surface area contributed by atoms with E-state index in [1.807, 2.05) is 48.5 Å². The van der Waals surface area contributed by atoms with Crippen LogP contribution in [0.15, 0.2) is 71.5 Å². The van der Waals surface area contributed by atoms with Crippen LogP contribution in [0.4, 0.5) is 10.5 Å². The molecule has 9 heteroatoms. The fourth-order valence-electron chi connectivity index (χ4n) is 4.03. The number of nitrogens with one attached hydrogen (secondary N) is 2. The lowest BCUT2D eigenvalue weighted by Gasteiger charge is -2.19. The molecule has 0 spiro atoms. The zero-order valence-electron chi connectivity index (χ0n) is 18.0. The van der Waals surface area contributed by atoms with Crippen molar-refractivity contribution >= 4 is 39.6 Å². The predicted octanol–water partition coefficient (Wildman–Crippen LogP) is 4.55. The number of pyridine rings is 1. The van der Waals surface area contributed by atoms with Crippen LogP contribution < -0.4 is 10.6 Å². The molecule has 2 amide bonds. The van der Waals surface area contributed by atoms with Crippen LogP contribution in [0, 0.1) is 0 Å². The summed E-state index contributed by atoms with van der Waals surface area (Å²) in [5.74, 6) is -1.76. The summed E-state index contributed by atoms with van der Waals surface area (Å²) in [5.41, 5.74) is 4.76. The quantitative estimate of drug-likeness (QED) is 0.398. The Morgan fingerprint density at radius 1 is 1.03 bits per heavy atom. The van der Waals surface area contributed by atoms with E-state index in [-0.39, 0.29) is 25.4 Å². The molecular formula is C25H22BrN3O5. The first-order valence-electron chi connectivity index (χ1n) is 10.7. The van der Waals surface area contributed by atoms with Gasteiger partial charge >= 0.3 is 12.1 Å². The van der Waals surface area contributed by atoms with Crippen LogP contribution in [0.3, 0.4) is 0 Å². The summed E-state index contributed by atoms with van der Waals surface area (Å²) < 4.78 is 6.16. The van der Waals surface area contributed by atoms with Crippen molar-refractivity contribution in [2.45, 2.75) is 24.8 Å². The van der Waals surface area contributed by atoms with E-state index >= 15 is 0 Å². The average Bonchev–Trinajstić information content (AvgIpc) is 3.14. The second-order valence-electron chi connectivity index (χ2n) is 7.84. The van der Waals surface area contributed by atoms with Gasteiger partial charge in [0.15, 0.2) is 0 Å². The van der Waals surface area contributed by atoms with Gasteiger partial charge in [0.1, 0.15) is 12.6 Å². The number of alkyl carbamates (subject to hydrolysis) is 1. The van der Waals surface area contributed by atoms with Gasteiger partial charge in [-0.2, -0.15) is 0 Å². The Labute approximate surface area is 204 Å². The molecule has 0 fully saturated rings. The maximum atomic E-state index is 12.7. The Balaban J connectivity index is 1.43. The number of ether oxygens (including phenoxy) is 1. The lowest BCUT2D eigenvalue weighted by Crippen LogP contribution is -2.44. The number of nitrogens with zero attached hydrogens (tertiary/aromatic N) is 1. The van der Waals surface area contributed by atoms with Crippen molar-refractivity contribution in [1.82, 2.24) is 10.3 Å². The average molecular weight is 524 g/mol. The van der Waals surface area contributed by atoms with Crippen molar-refractivity contribution in [2.24, 2.45) is 0 Å². The van der Waals surface area contributed by atoms with E-state index in [9.17, 15) is 14.4 Å². The van der Waals surface area contributed by atoms with Crippen molar-refractivity contribution in [3.63, 3.8) is 0 Å². The number of hydrogen-bond acceptors (Lipinski definition) is 5. The number of fused-ring (bicyclic) bond motifs is 3. The molecule has 0 aliphatic heterocycles. The summed E-state index contributed by atoms with van der Waals surface area (Å²) in [6.07, 6.45) is 1.84. The molecule has 1 unspecified atom stereocenters. The van der Waals surface area contributed by atoms with Gasteiger partial charge in [0.05, 0.1) is 11.9 Å². The minimum absolute atomic E-state index is 0.0860. The third-order valence-corrected chi connectivity index (χ3v) is 6.01. The van der Waals surface area contributed by atoms with Crippen molar-refractivity contribution < 1.29 is 24.2 Å². The van der Waals surface area contributed by atoms with Gasteiger partial charge < -0.3 is 20.5 Å². The van der Waals surface area contributed by atoms with Crippen LogP contribution in [0.25, 0.3) is 11.1 Å². The molecule has 174 valence electrons. The fraction of sp³-hybridized carbons (Fsp3) is 0.200. The monoisotopic (exact) mass is 523 g/mol. The first-order chi connectivity index (χ1) is 16.4. The number of amides is 2. The van der Waals surface area contributed by atoms with E-state index in [1.54, 1.807) is 12.3 Å². The molecule has 0 radical (unpaired) electrons. The van der Waals surface area contributed by atoms with Crippen LogP contribution in [0.2, 0.25) is 0 Å². The Hall–Kier alpha value is -3.72. The van der Waals surface area contributed by atoms with Crippen LogP contribution in [-0.4, -0.2) is 40.7 Å². The number of aliphatic carboxylic acids is 1. The van der Waals surface area contributed by atoms with Crippen molar-refractivity contribution in [1.29, 1.82) is 0 Å². The van der Waals surface area contributed by atoms with Crippen LogP contribution in [-0.2, 0) is 14.3 Å². The summed E-state index contributed by atoms with van der Waals surface area (Å²) in [6.45, 7) is 0.0860. The summed E-state index contributed by atoms with van der Waals surface area (Å²) in [4.78, 5) is 40.4. The summed E-state index contributed by atoms with van der Waals surface area (Å²) in [5, 5.41) is 14.2. The number of rotatable bonds is 8. The largest absolute Gasteiger partial charge is 0.481 e. The summed E-state index contributed by atoms with van der Waals surface area (Å²) >= 11 is 3.27. The molecule has 0 saturated carbocycles. The van der Waals surface area contributed by atoms with Gasteiger partial charge in [-0.1, -0.05) is 48.5 Å². The number of halogens is 1. The minimum Gasteiger partial charge on any atom is -0.481 e. The number of benzene rings is 2. The van der Waals surface area contributed by atoms with Crippen molar-refractivity contribution in [3.05, 3.63) is 82.6 Å². The van der Waals surface area contributed by atoms with Gasteiger partial charge in [-0.15, -0.1) is 0 Å².